The summed E-state index contributed by atoms with van der Waals surface area (Å²) in [5.41, 5.74) is 2.52. The summed E-state index contributed by atoms with van der Waals surface area (Å²) in [5, 5.41) is 21.1. The Kier molecular flexibility index (Phi) is 3.85. The summed E-state index contributed by atoms with van der Waals surface area (Å²) in [4.78, 5) is 6.21. The largest absolute Gasteiger partial charge is 0.510 e. The lowest BCUT2D eigenvalue weighted by Crippen LogP contribution is -2.26. The van der Waals surface area contributed by atoms with Gasteiger partial charge in [-0.3, -0.25) is 5.41 Å². The fourth-order valence-electron chi connectivity index (χ4n) is 2.41. The second kappa shape index (κ2) is 5.81. The Morgan fingerprint density at radius 2 is 2.09 bits per heavy atom. The average molecular weight is 315 g/mol. The van der Waals surface area contributed by atoms with Crippen LogP contribution in [0.25, 0.3) is 5.57 Å². The lowest BCUT2D eigenvalue weighted by atomic mass is 10.2. The van der Waals surface area contributed by atoms with Crippen LogP contribution in [0.4, 0.5) is 0 Å². The third kappa shape index (κ3) is 2.69. The number of methoxy groups -OCH3 is 1. The number of benzene rings is 1. The molecule has 22 heavy (non-hydrogen) atoms. The van der Waals surface area contributed by atoms with E-state index < -0.39 is 0 Å². The summed E-state index contributed by atoms with van der Waals surface area (Å²) in [7, 11) is 1.63. The Hall–Kier alpha value is -2.34. The number of ether oxygens (including phenoxy) is 1. The highest BCUT2D eigenvalue weighted by atomic mass is 32.1. The molecule has 0 spiro atoms. The van der Waals surface area contributed by atoms with Crippen molar-refractivity contribution in [3.63, 3.8) is 0 Å². The lowest BCUT2D eigenvalue weighted by molar-refractivity contribution is 0.346. The van der Waals surface area contributed by atoms with E-state index in [0.717, 1.165) is 17.0 Å². The first-order valence-electron chi connectivity index (χ1n) is 6.90. The van der Waals surface area contributed by atoms with Gasteiger partial charge in [0, 0.05) is 17.6 Å². The highest BCUT2D eigenvalue weighted by Crippen LogP contribution is 2.30. The van der Waals surface area contributed by atoms with Crippen LogP contribution in [0.3, 0.4) is 0 Å². The number of thiazole rings is 1. The lowest BCUT2D eigenvalue weighted by Gasteiger charge is -2.18. The van der Waals surface area contributed by atoms with Crippen LogP contribution in [-0.2, 0) is 6.54 Å². The molecule has 5 nitrogen and oxygen atoms in total. The third-order valence-electron chi connectivity index (χ3n) is 3.55. The number of amidine groups is 1. The Bertz CT molecular complexity index is 734. The van der Waals surface area contributed by atoms with Gasteiger partial charge in [-0.05, 0) is 24.6 Å². The molecule has 1 aliphatic heterocycles. The van der Waals surface area contributed by atoms with E-state index in [1.165, 1.54) is 11.3 Å². The van der Waals surface area contributed by atoms with Gasteiger partial charge < -0.3 is 14.7 Å². The van der Waals surface area contributed by atoms with Crippen molar-refractivity contribution in [2.45, 2.75) is 13.5 Å². The number of hydrogen-bond donors (Lipinski definition) is 2. The number of aromatic nitrogens is 1. The van der Waals surface area contributed by atoms with Gasteiger partial charge in [-0.2, -0.15) is 0 Å². The summed E-state index contributed by atoms with van der Waals surface area (Å²) in [6.07, 6.45) is 0. The van der Waals surface area contributed by atoms with Gasteiger partial charge in [-0.1, -0.05) is 12.1 Å². The van der Waals surface area contributed by atoms with E-state index in [9.17, 15) is 5.11 Å². The molecule has 0 aliphatic carbocycles. The van der Waals surface area contributed by atoms with Crippen LogP contribution < -0.4 is 4.74 Å². The van der Waals surface area contributed by atoms with Crippen molar-refractivity contribution >= 4 is 22.7 Å². The molecule has 1 aromatic heterocycles. The van der Waals surface area contributed by atoms with Crippen molar-refractivity contribution in [1.82, 2.24) is 9.88 Å². The van der Waals surface area contributed by atoms with Gasteiger partial charge in [0.25, 0.3) is 0 Å². The van der Waals surface area contributed by atoms with Crippen molar-refractivity contribution < 1.29 is 9.84 Å². The van der Waals surface area contributed by atoms with Crippen molar-refractivity contribution in [1.29, 1.82) is 5.41 Å². The molecule has 0 amide bonds. The van der Waals surface area contributed by atoms with Crippen molar-refractivity contribution in [3.8, 4) is 5.75 Å². The topological polar surface area (TPSA) is 69.4 Å². The molecular weight excluding hydrogens is 298 g/mol. The minimum atomic E-state index is 0.216. The highest BCUT2D eigenvalue weighted by molar-refractivity contribution is 7.11. The quantitative estimate of drug-likeness (QED) is 0.909. The molecule has 0 fully saturated rings. The van der Waals surface area contributed by atoms with Crippen LogP contribution in [0.15, 0.2) is 35.4 Å². The number of aryl methyl sites for hydroxylation is 1. The predicted octanol–water partition coefficient (Wildman–Crippen LogP) is 3.22. The van der Waals surface area contributed by atoms with Gasteiger partial charge in [0.05, 0.1) is 19.2 Å². The third-order valence-corrected chi connectivity index (χ3v) is 4.53. The zero-order valence-corrected chi connectivity index (χ0v) is 13.3. The fraction of sp³-hybridized carbons (Fsp3) is 0.250. The Morgan fingerprint density at radius 3 is 2.68 bits per heavy atom. The number of nitrogens with zero attached hydrogens (tertiary/aromatic N) is 2. The summed E-state index contributed by atoms with van der Waals surface area (Å²) in [6.45, 7) is 2.82. The maximum absolute atomic E-state index is 10.2. The molecule has 1 aliphatic rings. The first kappa shape index (κ1) is 14.6. The van der Waals surface area contributed by atoms with E-state index in [2.05, 4.69) is 4.98 Å². The molecule has 114 valence electrons. The molecule has 0 saturated heterocycles. The molecule has 0 radical (unpaired) electrons. The monoisotopic (exact) mass is 315 g/mol. The van der Waals surface area contributed by atoms with E-state index in [1.807, 2.05) is 41.5 Å². The first-order valence-corrected chi connectivity index (χ1v) is 7.78. The van der Waals surface area contributed by atoms with E-state index in [1.54, 1.807) is 7.11 Å². The van der Waals surface area contributed by atoms with Crippen LogP contribution in [-0.4, -0.2) is 34.5 Å². The summed E-state index contributed by atoms with van der Waals surface area (Å²) >= 11 is 1.45. The van der Waals surface area contributed by atoms with Gasteiger partial charge in [0.15, 0.2) is 0 Å². The summed E-state index contributed by atoms with van der Waals surface area (Å²) < 4.78 is 5.14. The number of rotatable bonds is 4. The van der Waals surface area contributed by atoms with Crippen LogP contribution in [0, 0.1) is 12.3 Å². The molecule has 0 saturated carbocycles. The maximum Gasteiger partial charge on any atom is 0.135 e. The minimum Gasteiger partial charge on any atom is -0.510 e. The van der Waals surface area contributed by atoms with E-state index >= 15 is 0 Å². The van der Waals surface area contributed by atoms with Gasteiger partial charge in [0.2, 0.25) is 0 Å². The standard InChI is InChI=1S/C16H17N3O2S/c1-10-9-22-16(18-10)14-13(20)8-19(15(14)17)7-11-3-5-12(21-2)6-4-11/h3-6,9,17,20H,7-8H2,1-2H3. The fourth-order valence-corrected chi connectivity index (χ4v) is 3.28. The van der Waals surface area contributed by atoms with Gasteiger partial charge >= 0.3 is 0 Å². The number of nitrogens with one attached hydrogen (secondary N) is 1. The van der Waals surface area contributed by atoms with Crippen LogP contribution in [0.1, 0.15) is 16.3 Å². The van der Waals surface area contributed by atoms with Crippen LogP contribution in [0.2, 0.25) is 0 Å². The van der Waals surface area contributed by atoms with Crippen molar-refractivity contribution in [2.75, 3.05) is 13.7 Å². The first-order chi connectivity index (χ1) is 10.6. The molecule has 0 unspecified atom stereocenters. The molecule has 1 aromatic carbocycles. The highest BCUT2D eigenvalue weighted by Gasteiger charge is 2.29. The zero-order chi connectivity index (χ0) is 15.7. The van der Waals surface area contributed by atoms with E-state index in [4.69, 9.17) is 10.1 Å². The van der Waals surface area contributed by atoms with E-state index in [-0.39, 0.29) is 5.76 Å². The van der Waals surface area contributed by atoms with Crippen LogP contribution in [0.5, 0.6) is 5.75 Å². The number of hydrogen-bond acceptors (Lipinski definition) is 5. The van der Waals surface area contributed by atoms with Crippen molar-refractivity contribution in [2.24, 2.45) is 0 Å². The molecule has 2 aromatic rings. The summed E-state index contributed by atoms with van der Waals surface area (Å²) in [5.74, 6) is 1.34. The van der Waals surface area contributed by atoms with Gasteiger partial charge in [-0.15, -0.1) is 11.3 Å². The van der Waals surface area contributed by atoms with Crippen LogP contribution >= 0.6 is 11.3 Å². The van der Waals surface area contributed by atoms with E-state index in [0.29, 0.717) is 29.5 Å². The minimum absolute atomic E-state index is 0.216. The smallest absolute Gasteiger partial charge is 0.135 e. The molecule has 6 heteroatoms. The average Bonchev–Trinajstić information content (AvgIpc) is 3.04. The number of aliphatic hydroxyl groups is 1. The normalized spacial score (nSPS) is 14.8. The Labute approximate surface area is 133 Å². The predicted molar refractivity (Wildman–Crippen MR) is 87.5 cm³/mol. The molecule has 0 bridgehead atoms. The van der Waals surface area contributed by atoms with Gasteiger partial charge in [0.1, 0.15) is 22.4 Å². The Morgan fingerprint density at radius 1 is 1.36 bits per heavy atom. The molecular formula is C16H17N3O2S. The van der Waals surface area contributed by atoms with Gasteiger partial charge in [-0.25, -0.2) is 4.98 Å². The molecule has 2 heterocycles. The Balaban J connectivity index is 1.76. The SMILES string of the molecule is COc1ccc(CN2CC(O)=C(c3nc(C)cs3)C2=N)cc1. The molecule has 0 atom stereocenters. The zero-order valence-electron chi connectivity index (χ0n) is 12.5. The summed E-state index contributed by atoms with van der Waals surface area (Å²) in [6, 6.07) is 7.73. The maximum atomic E-state index is 10.2. The van der Waals surface area contributed by atoms with Crippen molar-refractivity contribution in [3.05, 3.63) is 51.7 Å². The second-order valence-corrected chi connectivity index (χ2v) is 6.03. The number of aliphatic hydroxyl groups excluding tert-OH is 1. The molecule has 3 rings (SSSR count). The second-order valence-electron chi connectivity index (χ2n) is 5.17. The molecule has 2 N–H and O–H groups in total.